The summed E-state index contributed by atoms with van der Waals surface area (Å²) in [5, 5.41) is 6.15. The molecule has 0 radical (unpaired) electrons. The van der Waals surface area contributed by atoms with E-state index in [1.165, 1.54) is 4.68 Å². The van der Waals surface area contributed by atoms with Gasteiger partial charge >= 0.3 is 0 Å². The molecule has 0 fully saturated rings. The number of nitrogens with zero attached hydrogens (tertiary/aromatic N) is 3. The number of hydrogen-bond donors (Lipinski definition) is 0. The number of halogens is 2. The number of aromatic nitrogens is 2. The van der Waals surface area contributed by atoms with Gasteiger partial charge in [-0.2, -0.15) is 9.78 Å². The molecular formula is C28H23BrClN3O4. The molecule has 0 unspecified atom stereocenters. The summed E-state index contributed by atoms with van der Waals surface area (Å²) in [6.45, 7) is 4.02. The van der Waals surface area contributed by atoms with Crippen LogP contribution in [0.3, 0.4) is 0 Å². The van der Waals surface area contributed by atoms with Gasteiger partial charge in [0.05, 0.1) is 45.2 Å². The van der Waals surface area contributed by atoms with E-state index < -0.39 is 0 Å². The van der Waals surface area contributed by atoms with Gasteiger partial charge in [0, 0.05) is 0 Å². The molecule has 0 amide bonds. The summed E-state index contributed by atoms with van der Waals surface area (Å²) in [6, 6.07) is 18.0. The predicted octanol–water partition coefficient (Wildman–Crippen LogP) is 7.29. The van der Waals surface area contributed by atoms with Crippen molar-refractivity contribution in [3.63, 3.8) is 0 Å². The van der Waals surface area contributed by atoms with Crippen LogP contribution in [0.4, 0.5) is 0 Å². The van der Waals surface area contributed by atoms with Crippen molar-refractivity contribution in [3.8, 4) is 23.1 Å². The quantitative estimate of drug-likeness (QED) is 0.189. The standard InChI is InChI=1S/C28H23BrClN3O4/c1-4-16(2)36-26-20(29)12-17(13-21(26)30)15-31-33-27(32-22-9-6-5-8-18(22)28(33)34)25-14-19-23(35-3)10-7-11-24(19)37-25/h5-16H,4H2,1-3H3/t16-/m1/s1. The molecule has 37 heavy (non-hydrogen) atoms. The number of para-hydroxylation sites is 1. The van der Waals surface area contributed by atoms with Gasteiger partial charge in [-0.25, -0.2) is 4.98 Å². The Balaban J connectivity index is 1.64. The van der Waals surface area contributed by atoms with Crippen molar-refractivity contribution < 1.29 is 13.9 Å². The number of fused-ring (bicyclic) bond motifs is 2. The van der Waals surface area contributed by atoms with Gasteiger partial charge in [-0.1, -0.05) is 36.7 Å². The maximum absolute atomic E-state index is 13.5. The Morgan fingerprint density at radius 1 is 1.16 bits per heavy atom. The molecular weight excluding hydrogens is 558 g/mol. The molecule has 9 heteroatoms. The van der Waals surface area contributed by atoms with Gasteiger partial charge in [-0.3, -0.25) is 4.79 Å². The van der Waals surface area contributed by atoms with Crippen LogP contribution in [0, 0.1) is 0 Å². The zero-order chi connectivity index (χ0) is 26.1. The van der Waals surface area contributed by atoms with E-state index in [4.69, 9.17) is 30.5 Å². The van der Waals surface area contributed by atoms with E-state index in [0.29, 0.717) is 48.8 Å². The highest BCUT2D eigenvalue weighted by Gasteiger charge is 2.18. The molecule has 0 saturated carbocycles. The predicted molar refractivity (Wildman–Crippen MR) is 150 cm³/mol. The summed E-state index contributed by atoms with van der Waals surface area (Å²) in [5.41, 5.74) is 1.50. The molecule has 1 atom stereocenters. The first-order valence-corrected chi connectivity index (χ1v) is 12.9. The van der Waals surface area contributed by atoms with E-state index in [9.17, 15) is 4.79 Å². The van der Waals surface area contributed by atoms with Crippen LogP contribution in [0.5, 0.6) is 11.5 Å². The lowest BCUT2D eigenvalue weighted by Crippen LogP contribution is -2.20. The highest BCUT2D eigenvalue weighted by atomic mass is 79.9. The van der Waals surface area contributed by atoms with Crippen molar-refractivity contribution in [2.75, 3.05) is 7.11 Å². The highest BCUT2D eigenvalue weighted by Crippen LogP contribution is 2.36. The van der Waals surface area contributed by atoms with Crippen LogP contribution >= 0.6 is 27.5 Å². The van der Waals surface area contributed by atoms with Crippen LogP contribution in [0.25, 0.3) is 33.5 Å². The maximum atomic E-state index is 13.5. The number of methoxy groups -OCH3 is 1. The van der Waals surface area contributed by atoms with E-state index in [0.717, 1.165) is 11.8 Å². The van der Waals surface area contributed by atoms with Gasteiger partial charge in [0.15, 0.2) is 11.5 Å². The largest absolute Gasteiger partial charge is 0.496 e. The van der Waals surface area contributed by atoms with E-state index in [1.807, 2.05) is 44.2 Å². The average molecular weight is 581 g/mol. The Kier molecular flexibility index (Phi) is 7.04. The smallest absolute Gasteiger partial charge is 0.282 e. The summed E-state index contributed by atoms with van der Waals surface area (Å²) >= 11 is 10.0. The lowest BCUT2D eigenvalue weighted by molar-refractivity contribution is 0.216. The molecule has 5 aromatic rings. The minimum Gasteiger partial charge on any atom is -0.496 e. The molecule has 188 valence electrons. The Bertz CT molecular complexity index is 1690. The number of hydrogen-bond acceptors (Lipinski definition) is 6. The van der Waals surface area contributed by atoms with Crippen LogP contribution in [0.1, 0.15) is 25.8 Å². The lowest BCUT2D eigenvalue weighted by atomic mass is 10.2. The third kappa shape index (κ3) is 4.86. The first kappa shape index (κ1) is 25.0. The Hall–Kier alpha value is -3.62. The fraction of sp³-hybridized carbons (Fsp3) is 0.179. The minimum atomic E-state index is -0.328. The third-order valence-corrected chi connectivity index (χ3v) is 6.82. The normalized spacial score (nSPS) is 12.5. The molecule has 0 aliphatic heterocycles. The molecule has 0 aliphatic carbocycles. The number of rotatable bonds is 7. The van der Waals surface area contributed by atoms with Gasteiger partial charge in [0.2, 0.25) is 5.82 Å². The summed E-state index contributed by atoms with van der Waals surface area (Å²) in [4.78, 5) is 18.2. The van der Waals surface area contributed by atoms with E-state index >= 15 is 0 Å². The topological polar surface area (TPSA) is 78.8 Å². The van der Waals surface area contributed by atoms with Crippen molar-refractivity contribution in [2.24, 2.45) is 5.10 Å². The first-order valence-electron chi connectivity index (χ1n) is 11.7. The number of benzene rings is 3. The van der Waals surface area contributed by atoms with Crippen molar-refractivity contribution >= 4 is 55.6 Å². The number of furan rings is 1. The second-order valence-electron chi connectivity index (χ2n) is 8.45. The molecule has 7 nitrogen and oxygen atoms in total. The monoisotopic (exact) mass is 579 g/mol. The van der Waals surface area contributed by atoms with Crippen LogP contribution in [-0.2, 0) is 0 Å². The average Bonchev–Trinajstić information content (AvgIpc) is 3.34. The van der Waals surface area contributed by atoms with E-state index in [2.05, 4.69) is 21.0 Å². The molecule has 2 aromatic heterocycles. The van der Waals surface area contributed by atoms with Crippen LogP contribution in [-0.4, -0.2) is 29.1 Å². The minimum absolute atomic E-state index is 0.0144. The van der Waals surface area contributed by atoms with Gasteiger partial charge < -0.3 is 13.9 Å². The van der Waals surface area contributed by atoms with Crippen LogP contribution in [0.2, 0.25) is 5.02 Å². The fourth-order valence-corrected chi connectivity index (χ4v) is 4.85. The zero-order valence-corrected chi connectivity index (χ0v) is 22.7. The second kappa shape index (κ2) is 10.4. The van der Waals surface area contributed by atoms with Crippen LogP contribution in [0.15, 0.2) is 79.4 Å². The zero-order valence-electron chi connectivity index (χ0n) is 20.4. The summed E-state index contributed by atoms with van der Waals surface area (Å²) in [6.07, 6.45) is 2.41. The van der Waals surface area contributed by atoms with Crippen molar-refractivity contribution in [1.82, 2.24) is 9.66 Å². The van der Waals surface area contributed by atoms with Crippen LogP contribution < -0.4 is 15.0 Å². The Morgan fingerprint density at radius 2 is 1.97 bits per heavy atom. The molecule has 3 aromatic carbocycles. The van der Waals surface area contributed by atoms with Gasteiger partial charge in [0.25, 0.3) is 5.56 Å². The SMILES string of the molecule is CC[C@@H](C)Oc1c(Cl)cc(C=Nn2c(-c3cc4c(OC)cccc4o3)nc3ccccc3c2=O)cc1Br. The highest BCUT2D eigenvalue weighted by molar-refractivity contribution is 9.10. The van der Waals surface area contributed by atoms with Crippen molar-refractivity contribution in [2.45, 2.75) is 26.4 Å². The molecule has 2 heterocycles. The van der Waals surface area contributed by atoms with Crippen molar-refractivity contribution in [3.05, 3.63) is 86.1 Å². The fourth-order valence-electron chi connectivity index (χ4n) is 3.89. The van der Waals surface area contributed by atoms with Crippen molar-refractivity contribution in [1.29, 1.82) is 0 Å². The molecule has 0 spiro atoms. The van der Waals surface area contributed by atoms with E-state index in [-0.39, 0.29) is 17.5 Å². The maximum Gasteiger partial charge on any atom is 0.282 e. The molecule has 5 rings (SSSR count). The summed E-state index contributed by atoms with van der Waals surface area (Å²) in [7, 11) is 1.60. The Morgan fingerprint density at radius 3 is 2.73 bits per heavy atom. The van der Waals surface area contributed by atoms with Gasteiger partial charge in [-0.05, 0) is 77.3 Å². The van der Waals surface area contributed by atoms with E-state index in [1.54, 1.807) is 43.7 Å². The molecule has 0 N–H and O–H groups in total. The van der Waals surface area contributed by atoms with Gasteiger partial charge in [0.1, 0.15) is 11.3 Å². The molecule has 0 bridgehead atoms. The summed E-state index contributed by atoms with van der Waals surface area (Å²) < 4.78 is 19.4. The molecule has 0 aliphatic rings. The van der Waals surface area contributed by atoms with Gasteiger partial charge in [-0.15, -0.1) is 0 Å². The Labute approximate surface area is 226 Å². The first-order chi connectivity index (χ1) is 17.9. The number of ether oxygens (including phenoxy) is 2. The molecule has 0 saturated heterocycles. The third-order valence-electron chi connectivity index (χ3n) is 5.95. The summed E-state index contributed by atoms with van der Waals surface area (Å²) in [5.74, 6) is 1.87. The second-order valence-corrected chi connectivity index (χ2v) is 9.71. The lowest BCUT2D eigenvalue weighted by Gasteiger charge is -2.15.